The first kappa shape index (κ1) is 16.5. The van der Waals surface area contributed by atoms with Crippen LogP contribution in [0.4, 0.5) is 0 Å². The molecule has 1 aliphatic heterocycles. The van der Waals surface area contributed by atoms with E-state index in [9.17, 15) is 18.3 Å². The molecule has 1 fully saturated rings. The summed E-state index contributed by atoms with van der Waals surface area (Å²) in [5.41, 5.74) is 0.633. The Hall–Kier alpha value is -2.33. The molecule has 3 rings (SSSR count). The van der Waals surface area contributed by atoms with Crippen molar-refractivity contribution in [3.8, 4) is 5.69 Å². The predicted octanol–water partition coefficient (Wildman–Crippen LogP) is 0.536. The molecule has 2 aromatic rings. The first-order chi connectivity index (χ1) is 11.4. The van der Waals surface area contributed by atoms with Gasteiger partial charge in [0.1, 0.15) is 6.33 Å². The predicted molar refractivity (Wildman–Crippen MR) is 82.9 cm³/mol. The fourth-order valence-corrected chi connectivity index (χ4v) is 4.50. The molecule has 128 valence electrons. The molecular formula is C14H17N5O4S. The molecule has 1 aliphatic rings. The van der Waals surface area contributed by atoms with Gasteiger partial charge in [-0.3, -0.25) is 4.79 Å². The van der Waals surface area contributed by atoms with Crippen LogP contribution >= 0.6 is 0 Å². The van der Waals surface area contributed by atoms with Crippen LogP contribution in [0, 0.1) is 5.92 Å². The van der Waals surface area contributed by atoms with Crippen LogP contribution in [-0.4, -0.2) is 56.6 Å². The highest BCUT2D eigenvalue weighted by atomic mass is 32.2. The second-order valence-electron chi connectivity index (χ2n) is 5.78. The first-order valence-electron chi connectivity index (χ1n) is 7.47. The molecule has 2 heterocycles. The van der Waals surface area contributed by atoms with E-state index >= 15 is 0 Å². The number of hydrogen-bond acceptors (Lipinski definition) is 6. The van der Waals surface area contributed by atoms with Gasteiger partial charge < -0.3 is 5.11 Å². The van der Waals surface area contributed by atoms with Crippen molar-refractivity contribution in [3.63, 3.8) is 0 Å². The Morgan fingerprint density at radius 2 is 1.96 bits per heavy atom. The van der Waals surface area contributed by atoms with Gasteiger partial charge >= 0.3 is 5.97 Å². The summed E-state index contributed by atoms with van der Waals surface area (Å²) in [6.07, 6.45) is 2.42. The third-order valence-corrected chi connectivity index (χ3v) is 6.23. The van der Waals surface area contributed by atoms with Crippen molar-refractivity contribution >= 4 is 16.0 Å². The van der Waals surface area contributed by atoms with Gasteiger partial charge in [0.15, 0.2) is 0 Å². The van der Waals surface area contributed by atoms with E-state index in [1.54, 1.807) is 19.1 Å². The number of benzene rings is 1. The van der Waals surface area contributed by atoms with E-state index < -0.39 is 21.9 Å². The second kappa shape index (κ2) is 6.29. The monoisotopic (exact) mass is 351 g/mol. The van der Waals surface area contributed by atoms with Crippen LogP contribution < -0.4 is 0 Å². The number of piperidine rings is 1. The lowest BCUT2D eigenvalue weighted by Gasteiger charge is -2.35. The van der Waals surface area contributed by atoms with E-state index in [-0.39, 0.29) is 17.5 Å². The van der Waals surface area contributed by atoms with Gasteiger partial charge in [0.2, 0.25) is 10.0 Å². The van der Waals surface area contributed by atoms with Crippen molar-refractivity contribution in [1.29, 1.82) is 0 Å². The van der Waals surface area contributed by atoms with Gasteiger partial charge in [0.25, 0.3) is 0 Å². The molecule has 0 aliphatic carbocycles. The fraction of sp³-hybridized carbons (Fsp3) is 0.429. The number of aliphatic carboxylic acids is 1. The smallest absolute Gasteiger partial charge is 0.307 e. The zero-order valence-corrected chi connectivity index (χ0v) is 13.8. The average molecular weight is 351 g/mol. The number of hydrogen-bond donors (Lipinski definition) is 1. The lowest BCUT2D eigenvalue weighted by Crippen LogP contribution is -2.47. The number of aromatic nitrogens is 4. The number of carboxylic acid groups (broad SMARTS) is 1. The highest BCUT2D eigenvalue weighted by molar-refractivity contribution is 7.89. The maximum Gasteiger partial charge on any atom is 0.307 e. The van der Waals surface area contributed by atoms with Gasteiger partial charge in [0.05, 0.1) is 16.5 Å². The number of nitrogens with zero attached hydrogens (tertiary/aromatic N) is 5. The Morgan fingerprint density at radius 3 is 2.54 bits per heavy atom. The van der Waals surface area contributed by atoms with Crippen molar-refractivity contribution in [2.24, 2.45) is 5.92 Å². The van der Waals surface area contributed by atoms with E-state index in [1.807, 2.05) is 0 Å². The minimum Gasteiger partial charge on any atom is -0.481 e. The van der Waals surface area contributed by atoms with Gasteiger partial charge in [-0.05, 0) is 54.5 Å². The Bertz CT molecular complexity index is 819. The Balaban J connectivity index is 1.88. The molecule has 2 unspecified atom stereocenters. The van der Waals surface area contributed by atoms with Crippen molar-refractivity contribution in [2.75, 3.05) is 6.54 Å². The van der Waals surface area contributed by atoms with E-state index in [4.69, 9.17) is 0 Å². The summed E-state index contributed by atoms with van der Waals surface area (Å²) in [4.78, 5) is 11.3. The number of sulfonamides is 1. The van der Waals surface area contributed by atoms with Crippen LogP contribution in [0.15, 0.2) is 35.5 Å². The number of carbonyl (C=O) groups is 1. The van der Waals surface area contributed by atoms with Crippen molar-refractivity contribution in [1.82, 2.24) is 24.5 Å². The SMILES string of the molecule is CC1CCC(C(=O)O)CN1S(=O)(=O)c1ccc(-n2cnnn2)cc1. The van der Waals surface area contributed by atoms with E-state index in [1.165, 1.54) is 27.4 Å². The standard InChI is InChI=1S/C14H17N5O4S/c1-10-2-3-11(14(20)21)8-19(10)24(22,23)13-6-4-12(5-7-13)18-9-15-16-17-18/h4-7,9-11H,2-3,8H2,1H3,(H,20,21). The normalized spacial score (nSPS) is 22.4. The Morgan fingerprint density at radius 1 is 1.25 bits per heavy atom. The summed E-state index contributed by atoms with van der Waals surface area (Å²) in [5.74, 6) is -1.63. The summed E-state index contributed by atoms with van der Waals surface area (Å²) in [6.45, 7) is 1.79. The summed E-state index contributed by atoms with van der Waals surface area (Å²) in [6, 6.07) is 5.93. The lowest BCUT2D eigenvalue weighted by molar-refractivity contribution is -0.143. The molecule has 10 heteroatoms. The zero-order valence-electron chi connectivity index (χ0n) is 13.0. The summed E-state index contributed by atoms with van der Waals surface area (Å²) in [5, 5.41) is 20.0. The second-order valence-corrected chi connectivity index (χ2v) is 7.68. The van der Waals surface area contributed by atoms with Crippen LogP contribution in [0.1, 0.15) is 19.8 Å². The van der Waals surface area contributed by atoms with Crippen LogP contribution in [0.3, 0.4) is 0 Å². The summed E-state index contributed by atoms with van der Waals surface area (Å²) < 4.78 is 28.4. The zero-order chi connectivity index (χ0) is 17.3. The number of tetrazole rings is 1. The van der Waals surface area contributed by atoms with Gasteiger partial charge in [-0.25, -0.2) is 13.1 Å². The molecule has 1 saturated heterocycles. The molecule has 0 bridgehead atoms. The van der Waals surface area contributed by atoms with E-state index in [2.05, 4.69) is 15.5 Å². The topological polar surface area (TPSA) is 118 Å². The van der Waals surface area contributed by atoms with Gasteiger partial charge in [-0.15, -0.1) is 5.10 Å². The van der Waals surface area contributed by atoms with Crippen LogP contribution in [0.2, 0.25) is 0 Å². The third kappa shape index (κ3) is 3.02. The number of carboxylic acids is 1. The Labute approximate surface area is 138 Å². The molecule has 0 spiro atoms. The maximum absolute atomic E-state index is 12.8. The first-order valence-corrected chi connectivity index (χ1v) is 8.91. The molecule has 0 radical (unpaired) electrons. The van der Waals surface area contributed by atoms with E-state index in [0.717, 1.165) is 0 Å². The highest BCUT2D eigenvalue weighted by Crippen LogP contribution is 2.28. The highest BCUT2D eigenvalue weighted by Gasteiger charge is 2.37. The van der Waals surface area contributed by atoms with Crippen molar-refractivity contribution < 1.29 is 18.3 Å². The molecule has 9 nitrogen and oxygen atoms in total. The van der Waals surface area contributed by atoms with Crippen molar-refractivity contribution in [2.45, 2.75) is 30.7 Å². The minimum atomic E-state index is -3.75. The van der Waals surface area contributed by atoms with Crippen LogP contribution in [0.5, 0.6) is 0 Å². The molecule has 0 amide bonds. The van der Waals surface area contributed by atoms with Gasteiger partial charge in [0, 0.05) is 12.6 Å². The van der Waals surface area contributed by atoms with Crippen molar-refractivity contribution in [3.05, 3.63) is 30.6 Å². The summed E-state index contributed by atoms with van der Waals surface area (Å²) in [7, 11) is -3.75. The lowest BCUT2D eigenvalue weighted by atomic mass is 9.96. The van der Waals surface area contributed by atoms with Gasteiger partial charge in [-0.1, -0.05) is 0 Å². The number of rotatable bonds is 4. The molecule has 1 aromatic heterocycles. The maximum atomic E-state index is 12.8. The Kier molecular flexibility index (Phi) is 4.33. The molecule has 2 atom stereocenters. The van der Waals surface area contributed by atoms with E-state index in [0.29, 0.717) is 18.5 Å². The molecule has 0 saturated carbocycles. The largest absolute Gasteiger partial charge is 0.481 e. The third-order valence-electron chi connectivity index (χ3n) is 4.23. The molecule has 24 heavy (non-hydrogen) atoms. The average Bonchev–Trinajstić information content (AvgIpc) is 3.09. The molecular weight excluding hydrogens is 334 g/mol. The molecule has 1 N–H and O–H groups in total. The summed E-state index contributed by atoms with van der Waals surface area (Å²) >= 11 is 0. The van der Waals surface area contributed by atoms with Gasteiger partial charge in [-0.2, -0.15) is 4.31 Å². The fourth-order valence-electron chi connectivity index (χ4n) is 2.80. The minimum absolute atomic E-state index is 0.00637. The quantitative estimate of drug-likeness (QED) is 0.854. The van der Waals surface area contributed by atoms with Crippen LogP contribution in [0.25, 0.3) is 5.69 Å². The van der Waals surface area contributed by atoms with Crippen LogP contribution in [-0.2, 0) is 14.8 Å². The molecule has 1 aromatic carbocycles.